The number of thioether (sulfide) groups is 1. The van der Waals surface area contributed by atoms with Crippen LogP contribution in [-0.4, -0.2) is 35.1 Å². The Morgan fingerprint density at radius 3 is 2.34 bits per heavy atom. The van der Waals surface area contributed by atoms with E-state index in [1.165, 1.54) is 5.56 Å². The van der Waals surface area contributed by atoms with Gasteiger partial charge in [0.15, 0.2) is 0 Å². The summed E-state index contributed by atoms with van der Waals surface area (Å²) in [5.41, 5.74) is 2.22. The lowest BCUT2D eigenvalue weighted by molar-refractivity contribution is -0.141. The summed E-state index contributed by atoms with van der Waals surface area (Å²) in [5, 5.41) is 3.73. The van der Waals surface area contributed by atoms with E-state index in [1.807, 2.05) is 62.4 Å². The number of carbonyl (C=O) groups excluding carboxylic acids is 2. The molecule has 0 aliphatic heterocycles. The number of hydrogen-bond acceptors (Lipinski definition) is 3. The normalized spacial score (nSPS) is 11.8. The van der Waals surface area contributed by atoms with Crippen LogP contribution in [0.5, 0.6) is 0 Å². The summed E-state index contributed by atoms with van der Waals surface area (Å²) in [4.78, 5) is 29.0. The molecule has 0 radical (unpaired) electrons. The molecule has 0 heterocycles. The molecule has 0 saturated carbocycles. The molecule has 0 bridgehead atoms. The second kappa shape index (κ2) is 14.2. The van der Waals surface area contributed by atoms with Crippen LogP contribution in [0.25, 0.3) is 0 Å². The van der Waals surface area contributed by atoms with Gasteiger partial charge in [-0.05, 0) is 61.8 Å². The van der Waals surface area contributed by atoms with Crippen molar-refractivity contribution < 1.29 is 9.59 Å². The number of carbonyl (C=O) groups is 2. The molecule has 2 amide bonds. The number of aryl methyl sites for hydroxylation is 1. The molecule has 2 rings (SSSR count). The van der Waals surface area contributed by atoms with Crippen LogP contribution in [0, 0.1) is 6.92 Å². The summed E-state index contributed by atoms with van der Waals surface area (Å²) < 4.78 is 0. The SMILES string of the molecule is CCCCNC(=O)C(CC)N(Cc1ccc(C)cc1)C(=O)CCCSc1ccc(Cl)cc1. The zero-order chi connectivity index (χ0) is 23.3. The highest BCUT2D eigenvalue weighted by Crippen LogP contribution is 2.22. The van der Waals surface area contributed by atoms with Gasteiger partial charge < -0.3 is 10.2 Å². The Balaban J connectivity index is 2.02. The van der Waals surface area contributed by atoms with Crippen LogP contribution >= 0.6 is 23.4 Å². The average molecular weight is 475 g/mol. The van der Waals surface area contributed by atoms with Crippen LogP contribution < -0.4 is 5.32 Å². The smallest absolute Gasteiger partial charge is 0.242 e. The minimum atomic E-state index is -0.454. The number of rotatable bonds is 13. The largest absolute Gasteiger partial charge is 0.354 e. The molecule has 1 N–H and O–H groups in total. The highest BCUT2D eigenvalue weighted by atomic mass is 35.5. The molecule has 0 saturated heterocycles. The van der Waals surface area contributed by atoms with Crippen LogP contribution in [0.2, 0.25) is 5.02 Å². The topological polar surface area (TPSA) is 49.4 Å². The lowest BCUT2D eigenvalue weighted by atomic mass is 10.1. The van der Waals surface area contributed by atoms with Crippen molar-refractivity contribution in [2.75, 3.05) is 12.3 Å². The van der Waals surface area contributed by atoms with Gasteiger partial charge in [-0.2, -0.15) is 0 Å². The van der Waals surface area contributed by atoms with Crippen LogP contribution in [0.3, 0.4) is 0 Å². The van der Waals surface area contributed by atoms with Crippen molar-refractivity contribution in [1.82, 2.24) is 10.2 Å². The summed E-state index contributed by atoms with van der Waals surface area (Å²) in [6, 6.07) is 15.4. The third kappa shape index (κ3) is 8.87. The Bertz CT molecular complexity index is 840. The number of halogens is 1. The molecule has 2 aromatic rings. The summed E-state index contributed by atoms with van der Waals surface area (Å²) in [5.74, 6) is 0.808. The zero-order valence-electron chi connectivity index (χ0n) is 19.4. The first-order valence-corrected chi connectivity index (χ1v) is 12.8. The van der Waals surface area contributed by atoms with Crippen molar-refractivity contribution in [3.63, 3.8) is 0 Å². The number of nitrogens with one attached hydrogen (secondary N) is 1. The van der Waals surface area contributed by atoms with E-state index in [-0.39, 0.29) is 11.8 Å². The molecular weight excluding hydrogens is 440 g/mol. The van der Waals surface area contributed by atoms with Gasteiger partial charge in [-0.3, -0.25) is 9.59 Å². The molecule has 0 aliphatic carbocycles. The predicted molar refractivity (Wildman–Crippen MR) is 135 cm³/mol. The minimum Gasteiger partial charge on any atom is -0.354 e. The fraction of sp³-hybridized carbons (Fsp3) is 0.462. The highest BCUT2D eigenvalue weighted by Gasteiger charge is 2.28. The highest BCUT2D eigenvalue weighted by molar-refractivity contribution is 7.99. The molecule has 0 spiro atoms. The molecule has 0 fully saturated rings. The number of amides is 2. The van der Waals surface area contributed by atoms with Gasteiger partial charge in [0.1, 0.15) is 6.04 Å². The van der Waals surface area contributed by atoms with E-state index in [0.717, 1.165) is 40.5 Å². The van der Waals surface area contributed by atoms with Gasteiger partial charge in [0, 0.05) is 29.4 Å². The Labute approximate surface area is 202 Å². The van der Waals surface area contributed by atoms with Gasteiger partial charge in [0.2, 0.25) is 11.8 Å². The first kappa shape index (κ1) is 26.3. The van der Waals surface area contributed by atoms with Crippen LogP contribution in [0.15, 0.2) is 53.4 Å². The maximum Gasteiger partial charge on any atom is 0.242 e. The molecular formula is C26H35ClN2O2S. The molecule has 1 unspecified atom stereocenters. The summed E-state index contributed by atoms with van der Waals surface area (Å²) in [6.45, 7) is 7.20. The Hall–Kier alpha value is -1.98. The molecule has 1 atom stereocenters. The zero-order valence-corrected chi connectivity index (χ0v) is 21.0. The molecule has 2 aromatic carbocycles. The van der Waals surface area contributed by atoms with Gasteiger partial charge in [-0.25, -0.2) is 0 Å². The molecule has 4 nitrogen and oxygen atoms in total. The van der Waals surface area contributed by atoms with E-state index in [4.69, 9.17) is 11.6 Å². The van der Waals surface area contributed by atoms with E-state index in [0.29, 0.717) is 25.9 Å². The number of hydrogen-bond donors (Lipinski definition) is 1. The van der Waals surface area contributed by atoms with E-state index in [9.17, 15) is 9.59 Å². The van der Waals surface area contributed by atoms with E-state index in [1.54, 1.807) is 16.7 Å². The fourth-order valence-corrected chi connectivity index (χ4v) is 4.38. The Kier molecular flexibility index (Phi) is 11.7. The monoisotopic (exact) mass is 474 g/mol. The van der Waals surface area contributed by atoms with Crippen molar-refractivity contribution in [3.8, 4) is 0 Å². The minimum absolute atomic E-state index is 0.0276. The third-order valence-corrected chi connectivity index (χ3v) is 6.66. The Morgan fingerprint density at radius 2 is 1.72 bits per heavy atom. The first-order valence-electron chi connectivity index (χ1n) is 11.5. The first-order chi connectivity index (χ1) is 15.4. The molecule has 6 heteroatoms. The average Bonchev–Trinajstić information content (AvgIpc) is 2.79. The van der Waals surface area contributed by atoms with Gasteiger partial charge in [-0.15, -0.1) is 11.8 Å². The molecule has 174 valence electrons. The second-order valence-electron chi connectivity index (χ2n) is 7.98. The van der Waals surface area contributed by atoms with Gasteiger partial charge in [0.25, 0.3) is 0 Å². The van der Waals surface area contributed by atoms with E-state index in [2.05, 4.69) is 12.2 Å². The lowest BCUT2D eigenvalue weighted by Gasteiger charge is -2.31. The number of unbranched alkanes of at least 4 members (excludes halogenated alkanes) is 1. The predicted octanol–water partition coefficient (Wildman–Crippen LogP) is 6.24. The molecule has 32 heavy (non-hydrogen) atoms. The van der Waals surface area contributed by atoms with Crippen molar-refractivity contribution in [2.24, 2.45) is 0 Å². The lowest BCUT2D eigenvalue weighted by Crippen LogP contribution is -2.49. The van der Waals surface area contributed by atoms with Gasteiger partial charge >= 0.3 is 0 Å². The van der Waals surface area contributed by atoms with E-state index >= 15 is 0 Å². The summed E-state index contributed by atoms with van der Waals surface area (Å²) >= 11 is 7.65. The van der Waals surface area contributed by atoms with Crippen molar-refractivity contribution in [3.05, 3.63) is 64.7 Å². The third-order valence-electron chi connectivity index (χ3n) is 5.31. The molecule has 0 aromatic heterocycles. The Morgan fingerprint density at radius 1 is 1.03 bits per heavy atom. The maximum absolute atomic E-state index is 13.2. The maximum atomic E-state index is 13.2. The van der Waals surface area contributed by atoms with Crippen molar-refractivity contribution in [1.29, 1.82) is 0 Å². The van der Waals surface area contributed by atoms with Gasteiger partial charge in [-0.1, -0.05) is 61.7 Å². The summed E-state index contributed by atoms with van der Waals surface area (Å²) in [7, 11) is 0. The fourth-order valence-electron chi connectivity index (χ4n) is 3.40. The van der Waals surface area contributed by atoms with Crippen LogP contribution in [0.4, 0.5) is 0 Å². The number of nitrogens with zero attached hydrogens (tertiary/aromatic N) is 1. The van der Waals surface area contributed by atoms with Crippen molar-refractivity contribution >= 4 is 35.2 Å². The standard InChI is InChI=1S/C26H35ClN2O2S/c1-4-6-17-28-26(31)24(5-2)29(19-21-11-9-20(3)10-12-21)25(30)8-7-18-32-23-15-13-22(27)14-16-23/h9-16,24H,4-8,17-19H2,1-3H3,(H,28,31). The van der Waals surface area contributed by atoms with Crippen molar-refractivity contribution in [2.45, 2.75) is 70.4 Å². The quantitative estimate of drug-likeness (QED) is 0.276. The molecule has 0 aliphatic rings. The van der Waals surface area contributed by atoms with Crippen LogP contribution in [-0.2, 0) is 16.1 Å². The number of benzene rings is 2. The van der Waals surface area contributed by atoms with E-state index < -0.39 is 6.04 Å². The van der Waals surface area contributed by atoms with Crippen LogP contribution in [0.1, 0.15) is 57.1 Å². The second-order valence-corrected chi connectivity index (χ2v) is 9.59. The summed E-state index contributed by atoms with van der Waals surface area (Å²) in [6.07, 6.45) is 3.73. The van der Waals surface area contributed by atoms with Gasteiger partial charge in [0.05, 0.1) is 0 Å².